The highest BCUT2D eigenvalue weighted by Gasteiger charge is 2.16. The molecule has 0 aliphatic rings. The number of methoxy groups -OCH3 is 1. The van der Waals surface area contributed by atoms with Gasteiger partial charge in [0.2, 0.25) is 0 Å². The highest BCUT2D eigenvalue weighted by molar-refractivity contribution is 6.06. The van der Waals surface area contributed by atoms with Gasteiger partial charge < -0.3 is 21.6 Å². The van der Waals surface area contributed by atoms with Gasteiger partial charge in [0, 0.05) is 23.2 Å². The Bertz CT molecular complexity index is 388. The van der Waals surface area contributed by atoms with E-state index in [2.05, 4.69) is 4.74 Å². The zero-order valence-corrected chi connectivity index (χ0v) is 7.70. The average molecular weight is 193 g/mol. The maximum Gasteiger partial charge on any atom is 0.340 e. The van der Waals surface area contributed by atoms with Crippen molar-refractivity contribution in [2.75, 3.05) is 18.6 Å². The molecule has 14 heavy (non-hydrogen) atoms. The first kappa shape index (κ1) is 10.0. The number of hydrogen-bond donors (Lipinski definition) is 3. The molecule has 1 aromatic rings. The maximum atomic E-state index is 11.3. The van der Waals surface area contributed by atoms with E-state index in [1.54, 1.807) is 6.07 Å². The van der Waals surface area contributed by atoms with Crippen LogP contribution in [0.1, 0.15) is 15.9 Å². The van der Waals surface area contributed by atoms with Gasteiger partial charge in [-0.3, -0.25) is 0 Å². The molecule has 0 fully saturated rings. The summed E-state index contributed by atoms with van der Waals surface area (Å²) in [5.74, 6) is -0.590. The summed E-state index contributed by atoms with van der Waals surface area (Å²) in [6, 6.07) is 3.05. The molecular weight excluding hydrogens is 182 g/mol. The Morgan fingerprint density at radius 2 is 2.00 bits per heavy atom. The molecule has 0 atom stereocenters. The lowest BCUT2D eigenvalue weighted by Crippen LogP contribution is -2.11. The molecule has 1 aromatic carbocycles. The third-order valence-electron chi connectivity index (χ3n) is 1.85. The van der Waals surface area contributed by atoms with Crippen LogP contribution in [0.2, 0.25) is 0 Å². The highest BCUT2D eigenvalue weighted by Crippen LogP contribution is 2.22. The van der Waals surface area contributed by atoms with Crippen molar-refractivity contribution < 1.29 is 9.53 Å². The van der Waals surface area contributed by atoms with Crippen molar-refractivity contribution in [3.63, 3.8) is 0 Å². The minimum atomic E-state index is -0.590. The van der Waals surface area contributed by atoms with Crippen LogP contribution >= 0.6 is 0 Å². The Labute approximate surface area is 81.2 Å². The molecule has 0 heterocycles. The number of nitrogens with two attached hydrogens (primary N) is 2. The Morgan fingerprint density at radius 1 is 1.43 bits per heavy atom. The van der Waals surface area contributed by atoms with Crippen LogP contribution in [-0.2, 0) is 4.74 Å². The Kier molecular flexibility index (Phi) is 2.71. The molecule has 5 N–H and O–H groups in total. The number of benzene rings is 1. The molecule has 0 spiro atoms. The smallest absolute Gasteiger partial charge is 0.340 e. The normalized spacial score (nSPS) is 9.50. The summed E-state index contributed by atoms with van der Waals surface area (Å²) in [6.07, 6.45) is 0.984. The second kappa shape index (κ2) is 3.78. The molecule has 0 saturated heterocycles. The monoisotopic (exact) mass is 193 g/mol. The van der Waals surface area contributed by atoms with Gasteiger partial charge in [0.15, 0.2) is 0 Å². The standard InChI is InChI=1S/C9H11N3O2/c1-14-9(13)8-5(4-10)6(11)2-3-7(8)12/h2-4,10H,11-12H2,1H3. The van der Waals surface area contributed by atoms with Gasteiger partial charge >= 0.3 is 5.97 Å². The third-order valence-corrected chi connectivity index (χ3v) is 1.85. The molecule has 0 aliphatic carbocycles. The van der Waals surface area contributed by atoms with E-state index in [4.69, 9.17) is 16.9 Å². The van der Waals surface area contributed by atoms with Crippen LogP contribution in [0.4, 0.5) is 11.4 Å². The van der Waals surface area contributed by atoms with Crippen molar-refractivity contribution in [2.45, 2.75) is 0 Å². The van der Waals surface area contributed by atoms with E-state index < -0.39 is 5.97 Å². The first-order valence-electron chi connectivity index (χ1n) is 3.88. The number of carbonyl (C=O) groups excluding carboxylic acids is 1. The Morgan fingerprint density at radius 3 is 2.50 bits per heavy atom. The van der Waals surface area contributed by atoms with Gasteiger partial charge in [0.05, 0.1) is 12.7 Å². The summed E-state index contributed by atoms with van der Waals surface area (Å²) >= 11 is 0. The fourth-order valence-corrected chi connectivity index (χ4v) is 1.14. The first-order valence-corrected chi connectivity index (χ1v) is 3.88. The fourth-order valence-electron chi connectivity index (χ4n) is 1.14. The van der Waals surface area contributed by atoms with Gasteiger partial charge in [0.25, 0.3) is 0 Å². The highest BCUT2D eigenvalue weighted by atomic mass is 16.5. The number of ether oxygens (including phenoxy) is 1. The molecule has 5 heteroatoms. The number of hydrogen-bond acceptors (Lipinski definition) is 5. The predicted molar refractivity (Wildman–Crippen MR) is 54.5 cm³/mol. The van der Waals surface area contributed by atoms with Crippen molar-refractivity contribution in [1.82, 2.24) is 0 Å². The molecule has 1 rings (SSSR count). The fraction of sp³-hybridized carbons (Fsp3) is 0.111. The Balaban J connectivity index is 3.44. The second-order valence-electron chi connectivity index (χ2n) is 2.67. The lowest BCUT2D eigenvalue weighted by Gasteiger charge is -2.08. The molecule has 74 valence electrons. The lowest BCUT2D eigenvalue weighted by atomic mass is 10.0. The molecular formula is C9H11N3O2. The van der Waals surface area contributed by atoms with Crippen LogP contribution in [0, 0.1) is 5.41 Å². The summed E-state index contributed by atoms with van der Waals surface area (Å²) in [6.45, 7) is 0. The molecule has 0 unspecified atom stereocenters. The topological polar surface area (TPSA) is 102 Å². The van der Waals surface area contributed by atoms with Crippen molar-refractivity contribution in [1.29, 1.82) is 5.41 Å². The summed E-state index contributed by atoms with van der Waals surface area (Å²) in [5, 5.41) is 7.12. The van der Waals surface area contributed by atoms with E-state index in [0.717, 1.165) is 6.21 Å². The summed E-state index contributed by atoms with van der Waals surface area (Å²) in [5.41, 5.74) is 12.2. The van der Waals surface area contributed by atoms with E-state index in [1.807, 2.05) is 0 Å². The minimum absolute atomic E-state index is 0.141. The second-order valence-corrected chi connectivity index (χ2v) is 2.67. The van der Waals surface area contributed by atoms with Crippen LogP contribution in [0.25, 0.3) is 0 Å². The van der Waals surface area contributed by atoms with Crippen molar-refractivity contribution >= 4 is 23.6 Å². The van der Waals surface area contributed by atoms with Gasteiger partial charge in [-0.05, 0) is 12.1 Å². The van der Waals surface area contributed by atoms with Crippen molar-refractivity contribution in [2.24, 2.45) is 0 Å². The van der Waals surface area contributed by atoms with Crippen LogP contribution in [-0.4, -0.2) is 19.3 Å². The number of esters is 1. The van der Waals surface area contributed by atoms with Crippen LogP contribution in [0.5, 0.6) is 0 Å². The molecule has 0 amide bonds. The summed E-state index contributed by atoms with van der Waals surface area (Å²) in [7, 11) is 1.25. The zero-order valence-electron chi connectivity index (χ0n) is 7.70. The zero-order chi connectivity index (χ0) is 10.7. The third kappa shape index (κ3) is 1.52. The van der Waals surface area contributed by atoms with Gasteiger partial charge in [0.1, 0.15) is 0 Å². The average Bonchev–Trinajstić information content (AvgIpc) is 2.19. The van der Waals surface area contributed by atoms with Gasteiger partial charge in [-0.1, -0.05) is 0 Å². The SMILES string of the molecule is COC(=O)c1c(N)ccc(N)c1C=N. The van der Waals surface area contributed by atoms with Crippen molar-refractivity contribution in [3.05, 3.63) is 23.3 Å². The van der Waals surface area contributed by atoms with E-state index in [1.165, 1.54) is 13.2 Å². The maximum absolute atomic E-state index is 11.3. The van der Waals surface area contributed by atoms with E-state index in [-0.39, 0.29) is 16.8 Å². The number of carbonyl (C=O) groups is 1. The van der Waals surface area contributed by atoms with Crippen LogP contribution < -0.4 is 11.5 Å². The predicted octanol–water partition coefficient (Wildman–Crippen LogP) is 0.635. The quantitative estimate of drug-likeness (QED) is 0.364. The lowest BCUT2D eigenvalue weighted by molar-refractivity contribution is 0.0602. The van der Waals surface area contributed by atoms with Crippen molar-refractivity contribution in [3.8, 4) is 0 Å². The van der Waals surface area contributed by atoms with Gasteiger partial charge in [-0.25, -0.2) is 4.79 Å². The molecule has 0 aromatic heterocycles. The van der Waals surface area contributed by atoms with Gasteiger partial charge in [-0.15, -0.1) is 0 Å². The van der Waals surface area contributed by atoms with E-state index >= 15 is 0 Å². The van der Waals surface area contributed by atoms with Gasteiger partial charge in [-0.2, -0.15) is 0 Å². The van der Waals surface area contributed by atoms with Crippen LogP contribution in [0.3, 0.4) is 0 Å². The molecule has 0 radical (unpaired) electrons. The molecule has 0 bridgehead atoms. The molecule has 0 aliphatic heterocycles. The minimum Gasteiger partial charge on any atom is -0.465 e. The van der Waals surface area contributed by atoms with E-state index in [9.17, 15) is 4.79 Å². The number of rotatable bonds is 2. The number of nitrogen functional groups attached to an aromatic ring is 2. The van der Waals surface area contributed by atoms with Crippen LogP contribution in [0.15, 0.2) is 12.1 Å². The molecule has 5 nitrogen and oxygen atoms in total. The summed E-state index contributed by atoms with van der Waals surface area (Å²) in [4.78, 5) is 11.3. The number of nitrogens with one attached hydrogen (secondary N) is 1. The number of anilines is 2. The molecule has 0 saturated carbocycles. The van der Waals surface area contributed by atoms with E-state index in [0.29, 0.717) is 5.69 Å². The first-order chi connectivity index (χ1) is 6.61. The Hall–Kier alpha value is -2.04. The summed E-state index contributed by atoms with van der Waals surface area (Å²) < 4.78 is 4.54. The largest absolute Gasteiger partial charge is 0.465 e.